The number of hydrogen-bond donors (Lipinski definition) is 1. The van der Waals surface area contributed by atoms with E-state index < -0.39 is 5.97 Å². The molecule has 0 saturated carbocycles. The minimum absolute atomic E-state index is 0.351. The van der Waals surface area contributed by atoms with Crippen LogP contribution in [0.3, 0.4) is 0 Å². The van der Waals surface area contributed by atoms with Gasteiger partial charge in [0.1, 0.15) is 0 Å². The Kier molecular flexibility index (Phi) is 4.89. The maximum Gasteiger partial charge on any atom is 0.336 e. The molecule has 0 atom stereocenters. The molecular weight excluding hydrogens is 336 g/mol. The lowest BCUT2D eigenvalue weighted by Gasteiger charge is -2.11. The highest BCUT2D eigenvalue weighted by Gasteiger charge is 2.12. The van der Waals surface area contributed by atoms with Gasteiger partial charge in [-0.2, -0.15) is 0 Å². The largest absolute Gasteiger partial charge is 0.478 e. The number of thioether (sulfide) groups is 1. The average molecular weight is 351 g/mol. The molecule has 0 amide bonds. The van der Waals surface area contributed by atoms with Crippen molar-refractivity contribution in [3.8, 4) is 0 Å². The number of carboxylic acids is 1. The van der Waals surface area contributed by atoms with Crippen molar-refractivity contribution in [3.63, 3.8) is 0 Å². The second-order valence-electron chi connectivity index (χ2n) is 4.60. The highest BCUT2D eigenvalue weighted by atomic mass is 79.9. The summed E-state index contributed by atoms with van der Waals surface area (Å²) in [6.07, 6.45) is 0. The van der Waals surface area contributed by atoms with Crippen LogP contribution in [0.25, 0.3) is 0 Å². The van der Waals surface area contributed by atoms with Crippen LogP contribution in [0.1, 0.15) is 27.0 Å². The second-order valence-corrected chi connectivity index (χ2v) is 6.54. The molecule has 0 aliphatic rings. The number of rotatable bonds is 4. The van der Waals surface area contributed by atoms with Gasteiger partial charge < -0.3 is 5.11 Å². The molecule has 0 unspecified atom stereocenters. The summed E-state index contributed by atoms with van der Waals surface area (Å²) in [7, 11) is 0. The Morgan fingerprint density at radius 2 is 1.85 bits per heavy atom. The molecule has 1 N–H and O–H groups in total. The number of aromatic carboxylic acids is 1. The topological polar surface area (TPSA) is 37.3 Å². The zero-order valence-corrected chi connectivity index (χ0v) is 13.7. The SMILES string of the molecule is Cc1cccc(C)c1CSc1cc(Br)ccc1C(=O)O. The van der Waals surface area contributed by atoms with Gasteiger partial charge in [0.05, 0.1) is 5.56 Å². The monoisotopic (exact) mass is 350 g/mol. The first-order chi connectivity index (χ1) is 9.49. The van der Waals surface area contributed by atoms with Crippen LogP contribution < -0.4 is 0 Å². The van der Waals surface area contributed by atoms with Gasteiger partial charge in [-0.1, -0.05) is 34.1 Å². The molecule has 2 aromatic rings. The highest BCUT2D eigenvalue weighted by molar-refractivity contribution is 9.10. The molecule has 2 nitrogen and oxygen atoms in total. The number of hydrogen-bond acceptors (Lipinski definition) is 2. The molecule has 0 bridgehead atoms. The van der Waals surface area contributed by atoms with Crippen molar-refractivity contribution < 1.29 is 9.90 Å². The third-order valence-electron chi connectivity index (χ3n) is 3.19. The number of carboxylic acid groups (broad SMARTS) is 1. The van der Waals surface area contributed by atoms with E-state index in [1.165, 1.54) is 16.7 Å². The van der Waals surface area contributed by atoms with Crippen LogP contribution in [0, 0.1) is 13.8 Å². The first kappa shape index (κ1) is 15.1. The lowest BCUT2D eigenvalue weighted by Crippen LogP contribution is -1.99. The summed E-state index contributed by atoms with van der Waals surface area (Å²) < 4.78 is 0.895. The quantitative estimate of drug-likeness (QED) is 0.783. The van der Waals surface area contributed by atoms with Gasteiger partial charge in [0.2, 0.25) is 0 Å². The molecule has 0 aromatic heterocycles. The fraction of sp³-hybridized carbons (Fsp3) is 0.188. The van der Waals surface area contributed by atoms with Gasteiger partial charge in [-0.3, -0.25) is 0 Å². The molecular formula is C16H15BrO2S. The van der Waals surface area contributed by atoms with E-state index in [0.717, 1.165) is 15.1 Å². The highest BCUT2D eigenvalue weighted by Crippen LogP contribution is 2.31. The van der Waals surface area contributed by atoms with E-state index in [2.05, 4.69) is 41.9 Å². The lowest BCUT2D eigenvalue weighted by molar-refractivity contribution is 0.0693. The van der Waals surface area contributed by atoms with Crippen molar-refractivity contribution in [2.24, 2.45) is 0 Å². The molecule has 104 valence electrons. The van der Waals surface area contributed by atoms with Crippen molar-refractivity contribution in [1.82, 2.24) is 0 Å². The van der Waals surface area contributed by atoms with Crippen LogP contribution in [-0.2, 0) is 5.75 Å². The van der Waals surface area contributed by atoms with Crippen LogP contribution in [-0.4, -0.2) is 11.1 Å². The first-order valence-corrected chi connectivity index (χ1v) is 7.97. The zero-order valence-electron chi connectivity index (χ0n) is 11.3. The van der Waals surface area contributed by atoms with Crippen molar-refractivity contribution in [2.45, 2.75) is 24.5 Å². The smallest absolute Gasteiger partial charge is 0.336 e. The van der Waals surface area contributed by atoms with Crippen LogP contribution in [0.2, 0.25) is 0 Å². The first-order valence-electron chi connectivity index (χ1n) is 6.20. The maximum absolute atomic E-state index is 11.2. The Hall–Kier alpha value is -1.26. The van der Waals surface area contributed by atoms with Crippen molar-refractivity contribution in [1.29, 1.82) is 0 Å². The van der Waals surface area contributed by atoms with E-state index in [0.29, 0.717) is 5.56 Å². The van der Waals surface area contributed by atoms with Gasteiger partial charge in [0.25, 0.3) is 0 Å². The Balaban J connectivity index is 2.27. The predicted octanol–water partition coefficient (Wildman–Crippen LogP) is 5.06. The summed E-state index contributed by atoms with van der Waals surface area (Å²) in [5.41, 5.74) is 4.10. The minimum Gasteiger partial charge on any atom is -0.478 e. The summed E-state index contributed by atoms with van der Waals surface area (Å²) in [6.45, 7) is 4.17. The summed E-state index contributed by atoms with van der Waals surface area (Å²) >= 11 is 4.95. The predicted molar refractivity (Wildman–Crippen MR) is 86.6 cm³/mol. The Bertz CT molecular complexity index is 633. The molecule has 20 heavy (non-hydrogen) atoms. The molecule has 2 aromatic carbocycles. The summed E-state index contributed by atoms with van der Waals surface area (Å²) in [6, 6.07) is 11.5. The Morgan fingerprint density at radius 1 is 1.20 bits per heavy atom. The summed E-state index contributed by atoms with van der Waals surface area (Å²) in [4.78, 5) is 12.0. The lowest BCUT2D eigenvalue weighted by atomic mass is 10.1. The van der Waals surface area contributed by atoms with Gasteiger partial charge in [-0.15, -0.1) is 11.8 Å². The molecule has 0 heterocycles. The van der Waals surface area contributed by atoms with Crippen LogP contribution >= 0.6 is 27.7 Å². The molecule has 4 heteroatoms. The summed E-state index contributed by atoms with van der Waals surface area (Å²) in [5, 5.41) is 9.23. The molecule has 0 aliphatic carbocycles. The molecule has 0 saturated heterocycles. The van der Waals surface area contributed by atoms with Gasteiger partial charge in [-0.25, -0.2) is 4.79 Å². The number of halogens is 1. The third-order valence-corrected chi connectivity index (χ3v) is 4.77. The van der Waals surface area contributed by atoms with E-state index >= 15 is 0 Å². The number of carbonyl (C=O) groups is 1. The minimum atomic E-state index is -0.887. The van der Waals surface area contributed by atoms with Crippen LogP contribution in [0.5, 0.6) is 0 Å². The van der Waals surface area contributed by atoms with Gasteiger partial charge in [0.15, 0.2) is 0 Å². The fourth-order valence-corrected chi connectivity index (χ4v) is 3.81. The molecule has 0 fully saturated rings. The zero-order chi connectivity index (χ0) is 14.7. The van der Waals surface area contributed by atoms with Crippen molar-refractivity contribution >= 4 is 33.7 Å². The van der Waals surface area contributed by atoms with Gasteiger partial charge in [-0.05, 0) is 48.7 Å². The van der Waals surface area contributed by atoms with E-state index in [1.54, 1.807) is 23.9 Å². The van der Waals surface area contributed by atoms with E-state index in [9.17, 15) is 9.90 Å². The van der Waals surface area contributed by atoms with Gasteiger partial charge in [0, 0.05) is 15.1 Å². The second kappa shape index (κ2) is 6.46. The fourth-order valence-electron chi connectivity index (χ4n) is 2.02. The molecule has 2 rings (SSSR count). The molecule has 0 spiro atoms. The third kappa shape index (κ3) is 3.44. The van der Waals surface area contributed by atoms with Crippen LogP contribution in [0.15, 0.2) is 45.8 Å². The normalized spacial score (nSPS) is 10.6. The molecule has 0 radical (unpaired) electrons. The Labute approximate surface area is 131 Å². The van der Waals surface area contributed by atoms with E-state index in [4.69, 9.17) is 0 Å². The maximum atomic E-state index is 11.2. The summed E-state index contributed by atoms with van der Waals surface area (Å²) in [5.74, 6) is -0.114. The van der Waals surface area contributed by atoms with Crippen molar-refractivity contribution in [2.75, 3.05) is 0 Å². The standard InChI is InChI=1S/C16H15BrO2S/c1-10-4-3-5-11(2)14(10)9-20-15-8-12(17)6-7-13(15)16(18)19/h3-8H,9H2,1-2H3,(H,18,19). The number of aryl methyl sites for hydroxylation is 2. The van der Waals surface area contributed by atoms with E-state index in [-0.39, 0.29) is 0 Å². The van der Waals surface area contributed by atoms with Crippen molar-refractivity contribution in [3.05, 3.63) is 63.1 Å². The van der Waals surface area contributed by atoms with E-state index in [1.807, 2.05) is 12.1 Å². The van der Waals surface area contributed by atoms with Gasteiger partial charge >= 0.3 is 5.97 Å². The Morgan fingerprint density at radius 3 is 2.45 bits per heavy atom. The molecule has 0 aliphatic heterocycles. The average Bonchev–Trinajstić information content (AvgIpc) is 2.37. The van der Waals surface area contributed by atoms with Crippen LogP contribution in [0.4, 0.5) is 0 Å². The number of benzene rings is 2.